The first-order valence-electron chi connectivity index (χ1n) is 13.4. The molecule has 3 aromatic rings. The number of hydrogen-bond donors (Lipinski definition) is 1. The SMILES string of the molecule is CC(C)(C)NC(=O)[C@H](Cc1ccccc1)N(Cc1ccc(Cl)c(Cl)c1)C(=O)CCc1ccc(C(C)(C)C)cc1. The van der Waals surface area contributed by atoms with Gasteiger partial charge in [-0.2, -0.15) is 0 Å². The third-order valence-electron chi connectivity index (χ3n) is 6.55. The van der Waals surface area contributed by atoms with E-state index in [1.807, 2.05) is 57.2 Å². The molecule has 0 saturated heterocycles. The van der Waals surface area contributed by atoms with Crippen molar-refractivity contribution in [1.82, 2.24) is 10.2 Å². The molecule has 0 spiro atoms. The molecular formula is C33H40Cl2N2O2. The number of amides is 2. The van der Waals surface area contributed by atoms with Crippen molar-refractivity contribution in [3.63, 3.8) is 0 Å². The van der Waals surface area contributed by atoms with Crippen molar-refractivity contribution < 1.29 is 9.59 Å². The Morgan fingerprint density at radius 3 is 1.97 bits per heavy atom. The monoisotopic (exact) mass is 566 g/mol. The van der Waals surface area contributed by atoms with Crippen LogP contribution in [0, 0.1) is 0 Å². The fourth-order valence-corrected chi connectivity index (χ4v) is 4.73. The molecule has 208 valence electrons. The van der Waals surface area contributed by atoms with Crippen molar-refractivity contribution in [3.05, 3.63) is 105 Å². The third-order valence-corrected chi connectivity index (χ3v) is 7.29. The van der Waals surface area contributed by atoms with Gasteiger partial charge in [-0.1, -0.05) is 105 Å². The van der Waals surface area contributed by atoms with E-state index < -0.39 is 11.6 Å². The number of benzene rings is 3. The second-order valence-electron chi connectivity index (χ2n) is 12.2. The van der Waals surface area contributed by atoms with Crippen LogP contribution in [-0.4, -0.2) is 28.3 Å². The molecule has 0 heterocycles. The van der Waals surface area contributed by atoms with Crippen LogP contribution >= 0.6 is 23.2 Å². The molecule has 0 aliphatic rings. The Morgan fingerprint density at radius 2 is 1.41 bits per heavy atom. The molecule has 0 aliphatic carbocycles. The number of hydrogen-bond acceptors (Lipinski definition) is 2. The summed E-state index contributed by atoms with van der Waals surface area (Å²) in [7, 11) is 0. The quantitative estimate of drug-likeness (QED) is 0.287. The predicted octanol–water partition coefficient (Wildman–Crippen LogP) is 7.78. The van der Waals surface area contributed by atoms with Gasteiger partial charge in [-0.25, -0.2) is 0 Å². The Hall–Kier alpha value is -2.82. The van der Waals surface area contributed by atoms with Gasteiger partial charge in [0.1, 0.15) is 6.04 Å². The van der Waals surface area contributed by atoms with E-state index in [1.165, 1.54) is 5.56 Å². The Bertz CT molecular complexity index is 1260. The zero-order valence-electron chi connectivity index (χ0n) is 23.9. The molecule has 1 N–H and O–H groups in total. The summed E-state index contributed by atoms with van der Waals surface area (Å²) in [6.07, 6.45) is 1.26. The summed E-state index contributed by atoms with van der Waals surface area (Å²) in [6, 6.07) is 22.9. The molecule has 4 nitrogen and oxygen atoms in total. The van der Waals surface area contributed by atoms with Crippen molar-refractivity contribution in [2.45, 2.75) is 84.3 Å². The Morgan fingerprint density at radius 1 is 0.795 bits per heavy atom. The first kappa shape index (κ1) is 30.7. The van der Waals surface area contributed by atoms with Crippen LogP contribution < -0.4 is 5.32 Å². The largest absolute Gasteiger partial charge is 0.350 e. The van der Waals surface area contributed by atoms with E-state index in [4.69, 9.17) is 23.2 Å². The number of aryl methyl sites for hydroxylation is 1. The highest BCUT2D eigenvalue weighted by Crippen LogP contribution is 2.26. The van der Waals surface area contributed by atoms with E-state index >= 15 is 0 Å². The van der Waals surface area contributed by atoms with E-state index in [0.717, 1.165) is 16.7 Å². The Labute approximate surface area is 243 Å². The lowest BCUT2D eigenvalue weighted by molar-refractivity contribution is -0.141. The fraction of sp³-hybridized carbons (Fsp3) is 0.394. The van der Waals surface area contributed by atoms with Crippen LogP contribution in [0.2, 0.25) is 10.0 Å². The van der Waals surface area contributed by atoms with Crippen molar-refractivity contribution in [1.29, 1.82) is 0 Å². The Kier molecular flexibility index (Phi) is 10.3. The molecular weight excluding hydrogens is 527 g/mol. The first-order valence-corrected chi connectivity index (χ1v) is 14.2. The summed E-state index contributed by atoms with van der Waals surface area (Å²) in [5.74, 6) is -0.278. The maximum absolute atomic E-state index is 13.9. The van der Waals surface area contributed by atoms with E-state index in [-0.39, 0.29) is 30.2 Å². The molecule has 3 rings (SSSR count). The summed E-state index contributed by atoms with van der Waals surface area (Å²) < 4.78 is 0. The molecule has 39 heavy (non-hydrogen) atoms. The summed E-state index contributed by atoms with van der Waals surface area (Å²) in [4.78, 5) is 29.3. The number of halogens is 2. The summed E-state index contributed by atoms with van der Waals surface area (Å²) in [5, 5.41) is 3.96. The number of nitrogens with zero attached hydrogens (tertiary/aromatic N) is 1. The van der Waals surface area contributed by atoms with Crippen molar-refractivity contribution in [2.24, 2.45) is 0 Å². The van der Waals surface area contributed by atoms with Gasteiger partial charge < -0.3 is 10.2 Å². The molecule has 0 unspecified atom stereocenters. The van der Waals surface area contributed by atoms with Crippen LogP contribution in [-0.2, 0) is 34.4 Å². The van der Waals surface area contributed by atoms with Crippen LogP contribution in [0.5, 0.6) is 0 Å². The lowest BCUT2D eigenvalue weighted by Crippen LogP contribution is -2.54. The smallest absolute Gasteiger partial charge is 0.243 e. The fourth-order valence-electron chi connectivity index (χ4n) is 4.41. The van der Waals surface area contributed by atoms with Crippen molar-refractivity contribution in [2.75, 3.05) is 0 Å². The van der Waals surface area contributed by atoms with E-state index in [9.17, 15) is 9.59 Å². The number of carbonyl (C=O) groups is 2. The highest BCUT2D eigenvalue weighted by Gasteiger charge is 2.32. The third kappa shape index (κ3) is 9.40. The maximum atomic E-state index is 13.9. The maximum Gasteiger partial charge on any atom is 0.243 e. The van der Waals surface area contributed by atoms with Gasteiger partial charge in [-0.3, -0.25) is 9.59 Å². The van der Waals surface area contributed by atoms with Crippen LogP contribution in [0.4, 0.5) is 0 Å². The molecule has 0 aliphatic heterocycles. The van der Waals surface area contributed by atoms with Gasteiger partial charge in [0.05, 0.1) is 10.0 Å². The molecule has 0 aromatic heterocycles. The van der Waals surface area contributed by atoms with Gasteiger partial charge in [0.2, 0.25) is 11.8 Å². The highest BCUT2D eigenvalue weighted by atomic mass is 35.5. The molecule has 0 radical (unpaired) electrons. The van der Waals surface area contributed by atoms with Crippen LogP contribution in [0.3, 0.4) is 0 Å². The van der Waals surface area contributed by atoms with Gasteiger partial charge in [-0.15, -0.1) is 0 Å². The van der Waals surface area contributed by atoms with Gasteiger partial charge in [0, 0.05) is 24.9 Å². The normalized spacial score (nSPS) is 12.6. The van der Waals surface area contributed by atoms with Crippen molar-refractivity contribution in [3.8, 4) is 0 Å². The Balaban J connectivity index is 1.92. The number of nitrogens with one attached hydrogen (secondary N) is 1. The predicted molar refractivity (Wildman–Crippen MR) is 162 cm³/mol. The molecule has 0 fully saturated rings. The second-order valence-corrected chi connectivity index (χ2v) is 13.0. The van der Waals surface area contributed by atoms with Crippen LogP contribution in [0.25, 0.3) is 0 Å². The molecule has 0 bridgehead atoms. The van der Waals surface area contributed by atoms with Crippen molar-refractivity contribution >= 4 is 35.0 Å². The number of rotatable bonds is 9. The van der Waals surface area contributed by atoms with Crippen LogP contribution in [0.15, 0.2) is 72.8 Å². The lowest BCUT2D eigenvalue weighted by Gasteiger charge is -2.34. The van der Waals surface area contributed by atoms with Gasteiger partial charge >= 0.3 is 0 Å². The minimum absolute atomic E-state index is 0.0656. The zero-order valence-corrected chi connectivity index (χ0v) is 25.4. The number of carbonyl (C=O) groups excluding carboxylic acids is 2. The molecule has 1 atom stereocenters. The zero-order chi connectivity index (χ0) is 28.8. The second kappa shape index (κ2) is 13.0. The topological polar surface area (TPSA) is 49.4 Å². The summed E-state index contributed by atoms with van der Waals surface area (Å²) >= 11 is 12.5. The highest BCUT2D eigenvalue weighted by molar-refractivity contribution is 6.42. The first-order chi connectivity index (χ1) is 18.2. The summed E-state index contributed by atoms with van der Waals surface area (Å²) in [6.45, 7) is 12.6. The molecule has 0 saturated carbocycles. The van der Waals surface area contributed by atoms with E-state index in [1.54, 1.807) is 17.0 Å². The molecule has 2 amide bonds. The van der Waals surface area contributed by atoms with Crippen LogP contribution in [0.1, 0.15) is 70.2 Å². The van der Waals surface area contributed by atoms with Gasteiger partial charge in [0.15, 0.2) is 0 Å². The lowest BCUT2D eigenvalue weighted by atomic mass is 9.86. The average molecular weight is 568 g/mol. The minimum atomic E-state index is -0.697. The summed E-state index contributed by atoms with van der Waals surface area (Å²) in [5.41, 5.74) is 3.75. The van der Waals surface area contributed by atoms with Gasteiger partial charge in [0.25, 0.3) is 0 Å². The molecule has 6 heteroatoms. The minimum Gasteiger partial charge on any atom is -0.350 e. The van der Waals surface area contributed by atoms with E-state index in [0.29, 0.717) is 22.9 Å². The average Bonchev–Trinajstić information content (AvgIpc) is 2.86. The van der Waals surface area contributed by atoms with E-state index in [2.05, 4.69) is 50.4 Å². The standard InChI is InChI=1S/C33H40Cl2N2O2/c1-32(2,3)26-16-12-23(13-17-26)15-19-30(38)37(22-25-14-18-27(34)28(35)20-25)29(31(39)36-33(4,5)6)21-24-10-8-7-9-11-24/h7-14,16-18,20,29H,15,19,21-22H2,1-6H3,(H,36,39)/t29-/m0/s1. The molecule has 3 aromatic carbocycles. The van der Waals surface area contributed by atoms with Gasteiger partial charge in [-0.05, 0) is 67.0 Å².